The largest absolute Gasteiger partial charge is 0.317 e. The standard InChI is InChI=1S/C12H27N/c1-7-10(4)8-12(13-6)11(5)9(2)3/h9-13H,7-8H2,1-6H3. The fraction of sp³-hybridized carbons (Fsp3) is 1.00. The average Bonchev–Trinajstić information content (AvgIpc) is 2.12. The molecule has 0 fully saturated rings. The van der Waals surface area contributed by atoms with E-state index in [9.17, 15) is 0 Å². The summed E-state index contributed by atoms with van der Waals surface area (Å²) in [4.78, 5) is 0. The first kappa shape index (κ1) is 13.0. The normalized spacial score (nSPS) is 18.7. The summed E-state index contributed by atoms with van der Waals surface area (Å²) in [7, 11) is 2.09. The monoisotopic (exact) mass is 185 g/mol. The first-order valence-electron chi connectivity index (χ1n) is 5.70. The Morgan fingerprint density at radius 1 is 1.08 bits per heavy atom. The van der Waals surface area contributed by atoms with E-state index >= 15 is 0 Å². The predicted molar refractivity (Wildman–Crippen MR) is 60.9 cm³/mol. The topological polar surface area (TPSA) is 12.0 Å². The van der Waals surface area contributed by atoms with Crippen LogP contribution in [-0.2, 0) is 0 Å². The fourth-order valence-electron chi connectivity index (χ4n) is 1.66. The van der Waals surface area contributed by atoms with E-state index < -0.39 is 0 Å². The van der Waals surface area contributed by atoms with Gasteiger partial charge < -0.3 is 5.32 Å². The van der Waals surface area contributed by atoms with Crippen LogP contribution < -0.4 is 5.32 Å². The highest BCUT2D eigenvalue weighted by atomic mass is 14.9. The van der Waals surface area contributed by atoms with Gasteiger partial charge in [-0.15, -0.1) is 0 Å². The summed E-state index contributed by atoms with van der Waals surface area (Å²) >= 11 is 0. The van der Waals surface area contributed by atoms with Crippen LogP contribution in [0.15, 0.2) is 0 Å². The van der Waals surface area contributed by atoms with Gasteiger partial charge >= 0.3 is 0 Å². The number of hydrogen-bond donors (Lipinski definition) is 1. The van der Waals surface area contributed by atoms with Gasteiger partial charge in [0, 0.05) is 6.04 Å². The molecule has 0 aromatic carbocycles. The summed E-state index contributed by atoms with van der Waals surface area (Å²) in [5, 5.41) is 3.45. The van der Waals surface area contributed by atoms with Crippen LogP contribution in [0.1, 0.15) is 47.5 Å². The van der Waals surface area contributed by atoms with Crippen molar-refractivity contribution in [1.82, 2.24) is 5.32 Å². The molecule has 0 rings (SSSR count). The van der Waals surface area contributed by atoms with Crippen molar-refractivity contribution < 1.29 is 0 Å². The van der Waals surface area contributed by atoms with E-state index in [1.54, 1.807) is 0 Å². The van der Waals surface area contributed by atoms with Gasteiger partial charge in [0.05, 0.1) is 0 Å². The third-order valence-corrected chi connectivity index (χ3v) is 3.41. The second-order valence-electron chi connectivity index (χ2n) is 4.75. The van der Waals surface area contributed by atoms with Crippen LogP contribution in [0.25, 0.3) is 0 Å². The van der Waals surface area contributed by atoms with E-state index in [-0.39, 0.29) is 0 Å². The van der Waals surface area contributed by atoms with Gasteiger partial charge in [-0.05, 0) is 31.2 Å². The number of rotatable bonds is 6. The highest BCUT2D eigenvalue weighted by Gasteiger charge is 2.19. The van der Waals surface area contributed by atoms with Crippen molar-refractivity contribution in [3.63, 3.8) is 0 Å². The Hall–Kier alpha value is -0.0400. The van der Waals surface area contributed by atoms with Gasteiger partial charge in [0.25, 0.3) is 0 Å². The van der Waals surface area contributed by atoms with Crippen LogP contribution in [0.2, 0.25) is 0 Å². The van der Waals surface area contributed by atoms with Crippen LogP contribution in [0.5, 0.6) is 0 Å². The van der Waals surface area contributed by atoms with Crippen molar-refractivity contribution in [1.29, 1.82) is 0 Å². The molecule has 0 heterocycles. The second-order valence-corrected chi connectivity index (χ2v) is 4.75. The molecule has 1 nitrogen and oxygen atoms in total. The molecule has 0 aliphatic heterocycles. The second kappa shape index (κ2) is 6.42. The molecule has 0 aromatic rings. The SMILES string of the molecule is CCC(C)CC(NC)C(C)C(C)C. The maximum absolute atomic E-state index is 3.45. The zero-order valence-corrected chi connectivity index (χ0v) is 10.2. The number of hydrogen-bond acceptors (Lipinski definition) is 1. The van der Waals surface area contributed by atoms with E-state index in [0.717, 1.165) is 17.8 Å². The summed E-state index contributed by atoms with van der Waals surface area (Å²) in [6.45, 7) is 11.6. The van der Waals surface area contributed by atoms with Crippen LogP contribution >= 0.6 is 0 Å². The lowest BCUT2D eigenvalue weighted by atomic mass is 9.85. The molecule has 0 spiro atoms. The van der Waals surface area contributed by atoms with Crippen LogP contribution in [0, 0.1) is 17.8 Å². The maximum atomic E-state index is 3.45. The molecular formula is C12H27N. The van der Waals surface area contributed by atoms with Gasteiger partial charge in [-0.25, -0.2) is 0 Å². The van der Waals surface area contributed by atoms with Crippen molar-refractivity contribution in [2.45, 2.75) is 53.5 Å². The van der Waals surface area contributed by atoms with Gasteiger partial charge in [-0.2, -0.15) is 0 Å². The molecule has 0 saturated heterocycles. The van der Waals surface area contributed by atoms with Crippen molar-refractivity contribution in [3.05, 3.63) is 0 Å². The van der Waals surface area contributed by atoms with E-state index in [0.29, 0.717) is 6.04 Å². The van der Waals surface area contributed by atoms with Crippen LogP contribution in [0.4, 0.5) is 0 Å². The molecule has 1 heteroatoms. The molecule has 13 heavy (non-hydrogen) atoms. The lowest BCUT2D eigenvalue weighted by molar-refractivity contribution is 0.268. The quantitative estimate of drug-likeness (QED) is 0.669. The first-order valence-corrected chi connectivity index (χ1v) is 5.70. The Labute approximate surface area is 84.3 Å². The summed E-state index contributed by atoms with van der Waals surface area (Å²) in [6.07, 6.45) is 2.61. The van der Waals surface area contributed by atoms with E-state index in [4.69, 9.17) is 0 Å². The summed E-state index contributed by atoms with van der Waals surface area (Å²) in [6, 6.07) is 0.690. The molecule has 0 radical (unpaired) electrons. The maximum Gasteiger partial charge on any atom is 0.00946 e. The molecule has 80 valence electrons. The van der Waals surface area contributed by atoms with Gasteiger partial charge in [0.2, 0.25) is 0 Å². The van der Waals surface area contributed by atoms with Gasteiger partial charge in [0.1, 0.15) is 0 Å². The van der Waals surface area contributed by atoms with Crippen LogP contribution in [-0.4, -0.2) is 13.1 Å². The van der Waals surface area contributed by atoms with Crippen LogP contribution in [0.3, 0.4) is 0 Å². The molecule has 0 aliphatic rings. The predicted octanol–water partition coefficient (Wildman–Crippen LogP) is 3.30. The fourth-order valence-corrected chi connectivity index (χ4v) is 1.66. The van der Waals surface area contributed by atoms with Crippen molar-refractivity contribution in [2.75, 3.05) is 7.05 Å². The molecule has 3 unspecified atom stereocenters. The molecular weight excluding hydrogens is 158 g/mol. The Kier molecular flexibility index (Phi) is 6.40. The summed E-state index contributed by atoms with van der Waals surface area (Å²) in [5.74, 6) is 2.40. The minimum absolute atomic E-state index is 0.690. The van der Waals surface area contributed by atoms with Crippen molar-refractivity contribution in [2.24, 2.45) is 17.8 Å². The molecule has 0 aromatic heterocycles. The molecule has 1 N–H and O–H groups in total. The Bertz CT molecular complexity index is 120. The molecule has 0 saturated carbocycles. The lowest BCUT2D eigenvalue weighted by Crippen LogP contribution is -2.36. The van der Waals surface area contributed by atoms with Crippen molar-refractivity contribution >= 4 is 0 Å². The third-order valence-electron chi connectivity index (χ3n) is 3.41. The Balaban J connectivity index is 4.01. The van der Waals surface area contributed by atoms with Gasteiger partial charge in [0.15, 0.2) is 0 Å². The summed E-state index contributed by atoms with van der Waals surface area (Å²) in [5.41, 5.74) is 0. The highest BCUT2D eigenvalue weighted by molar-refractivity contribution is 4.75. The molecule has 3 atom stereocenters. The molecule has 0 aliphatic carbocycles. The summed E-state index contributed by atoms with van der Waals surface area (Å²) < 4.78 is 0. The lowest BCUT2D eigenvalue weighted by Gasteiger charge is -2.28. The first-order chi connectivity index (χ1) is 6.02. The average molecular weight is 185 g/mol. The molecule has 0 bridgehead atoms. The van der Waals surface area contributed by atoms with Gasteiger partial charge in [-0.3, -0.25) is 0 Å². The Morgan fingerprint density at radius 2 is 1.62 bits per heavy atom. The highest BCUT2D eigenvalue weighted by Crippen LogP contribution is 2.21. The van der Waals surface area contributed by atoms with E-state index in [1.165, 1.54) is 12.8 Å². The molecule has 0 amide bonds. The van der Waals surface area contributed by atoms with E-state index in [2.05, 4.69) is 47.0 Å². The third kappa shape index (κ3) is 4.66. The van der Waals surface area contributed by atoms with Crippen molar-refractivity contribution in [3.8, 4) is 0 Å². The number of nitrogens with one attached hydrogen (secondary N) is 1. The zero-order chi connectivity index (χ0) is 10.4. The van der Waals surface area contributed by atoms with E-state index in [1.807, 2.05) is 0 Å². The minimum atomic E-state index is 0.690. The smallest absolute Gasteiger partial charge is 0.00946 e. The Morgan fingerprint density at radius 3 is 1.92 bits per heavy atom. The zero-order valence-electron chi connectivity index (χ0n) is 10.2. The van der Waals surface area contributed by atoms with Gasteiger partial charge in [-0.1, -0.05) is 41.0 Å². The minimum Gasteiger partial charge on any atom is -0.317 e.